The average Bonchev–Trinajstić information content (AvgIpc) is 2.78. The monoisotopic (exact) mass is 315 g/mol. The summed E-state index contributed by atoms with van der Waals surface area (Å²) in [4.78, 5) is 4.37. The van der Waals surface area contributed by atoms with Gasteiger partial charge in [0.1, 0.15) is 4.90 Å². The number of halogens is 1. The van der Waals surface area contributed by atoms with E-state index in [9.17, 15) is 8.42 Å². The highest BCUT2D eigenvalue weighted by Gasteiger charge is 2.10. The number of rotatable bonds is 3. The Hall–Kier alpha value is -1.21. The molecular formula is C10H10BrN3O2S. The van der Waals surface area contributed by atoms with Gasteiger partial charge in [0.2, 0.25) is 0 Å². The molecule has 7 heteroatoms. The van der Waals surface area contributed by atoms with Gasteiger partial charge in [-0.1, -0.05) is 22.0 Å². The molecule has 2 heterocycles. The molecule has 0 fully saturated rings. The lowest BCUT2D eigenvalue weighted by atomic mass is 10.3. The molecule has 17 heavy (non-hydrogen) atoms. The van der Waals surface area contributed by atoms with E-state index in [1.54, 1.807) is 12.3 Å². The van der Waals surface area contributed by atoms with Gasteiger partial charge in [0.15, 0.2) is 15.7 Å². The van der Waals surface area contributed by atoms with Gasteiger partial charge in [0, 0.05) is 17.8 Å². The maximum Gasteiger partial charge on any atom is 0.178 e. The molecule has 0 aliphatic rings. The zero-order valence-electron chi connectivity index (χ0n) is 9.04. The Balaban J connectivity index is 2.37. The Kier molecular flexibility index (Phi) is 3.30. The van der Waals surface area contributed by atoms with Crippen LogP contribution in [-0.4, -0.2) is 29.4 Å². The van der Waals surface area contributed by atoms with Crippen molar-refractivity contribution in [2.24, 2.45) is 0 Å². The number of hydrogen-bond donors (Lipinski definition) is 0. The third-order valence-corrected chi connectivity index (χ3v) is 3.90. The standard InChI is InChI=1S/C10H10BrN3O2S/c1-17(15,16)9-6-13-14(7-9)10-3-2-8(4-11)5-12-10/h2-3,5-7H,4H2,1H3. The normalized spacial score (nSPS) is 11.6. The van der Waals surface area contributed by atoms with Crippen LogP contribution < -0.4 is 0 Å². The van der Waals surface area contributed by atoms with Crippen LogP contribution in [0.5, 0.6) is 0 Å². The first-order valence-electron chi connectivity index (χ1n) is 4.77. The Morgan fingerprint density at radius 3 is 2.59 bits per heavy atom. The second-order valence-corrected chi connectivity index (χ2v) is 6.13. The van der Waals surface area contributed by atoms with E-state index in [4.69, 9.17) is 0 Å². The number of aromatic nitrogens is 3. The van der Waals surface area contributed by atoms with E-state index in [1.165, 1.54) is 17.1 Å². The SMILES string of the molecule is CS(=O)(=O)c1cnn(-c2ccc(CBr)cn2)c1. The van der Waals surface area contributed by atoms with E-state index < -0.39 is 9.84 Å². The van der Waals surface area contributed by atoms with Crippen LogP contribution in [-0.2, 0) is 15.2 Å². The van der Waals surface area contributed by atoms with Gasteiger partial charge in [-0.2, -0.15) is 5.10 Å². The summed E-state index contributed by atoms with van der Waals surface area (Å²) in [5.41, 5.74) is 1.05. The molecule has 0 radical (unpaired) electrons. The largest absolute Gasteiger partial charge is 0.237 e. The van der Waals surface area contributed by atoms with Gasteiger partial charge in [-0.15, -0.1) is 0 Å². The molecule has 5 nitrogen and oxygen atoms in total. The molecule has 0 unspecified atom stereocenters. The van der Waals surface area contributed by atoms with Crippen LogP contribution in [0.1, 0.15) is 5.56 Å². The molecule has 0 aliphatic carbocycles. The lowest BCUT2D eigenvalue weighted by Gasteiger charge is -2.00. The Bertz CT molecular complexity index is 619. The summed E-state index contributed by atoms with van der Waals surface area (Å²) in [7, 11) is -3.22. The second-order valence-electron chi connectivity index (χ2n) is 3.55. The molecule has 0 aromatic carbocycles. The first-order valence-corrected chi connectivity index (χ1v) is 7.78. The molecule has 0 amide bonds. The van der Waals surface area contributed by atoms with Gasteiger partial charge in [-0.3, -0.25) is 0 Å². The fourth-order valence-corrected chi connectivity index (χ4v) is 2.12. The fourth-order valence-electron chi connectivity index (χ4n) is 1.25. The van der Waals surface area contributed by atoms with Crippen molar-refractivity contribution in [3.63, 3.8) is 0 Å². The minimum absolute atomic E-state index is 0.184. The van der Waals surface area contributed by atoms with Crippen LogP contribution in [0.3, 0.4) is 0 Å². The minimum Gasteiger partial charge on any atom is -0.237 e. The van der Waals surface area contributed by atoms with E-state index in [0.29, 0.717) is 5.82 Å². The lowest BCUT2D eigenvalue weighted by Crippen LogP contribution is -1.98. The first kappa shape index (κ1) is 12.3. The Labute approximate surface area is 108 Å². The highest BCUT2D eigenvalue weighted by atomic mass is 79.9. The molecule has 0 N–H and O–H groups in total. The zero-order valence-corrected chi connectivity index (χ0v) is 11.4. The summed E-state index contributed by atoms with van der Waals surface area (Å²) in [6.07, 6.45) is 5.63. The average molecular weight is 316 g/mol. The van der Waals surface area contributed by atoms with Crippen LogP contribution in [0, 0.1) is 0 Å². The second kappa shape index (κ2) is 4.58. The van der Waals surface area contributed by atoms with Crippen molar-refractivity contribution in [1.82, 2.24) is 14.8 Å². The summed E-state index contributed by atoms with van der Waals surface area (Å²) in [5, 5.41) is 4.70. The molecule has 0 bridgehead atoms. The fraction of sp³-hybridized carbons (Fsp3) is 0.200. The van der Waals surface area contributed by atoms with E-state index >= 15 is 0 Å². The maximum atomic E-state index is 11.3. The van der Waals surface area contributed by atoms with Gasteiger partial charge < -0.3 is 0 Å². The molecule has 0 saturated heterocycles. The number of nitrogens with zero attached hydrogens (tertiary/aromatic N) is 3. The number of sulfone groups is 1. The zero-order chi connectivity index (χ0) is 12.5. The first-order chi connectivity index (χ1) is 8.00. The van der Waals surface area contributed by atoms with Crippen molar-refractivity contribution in [3.8, 4) is 5.82 Å². The molecule has 0 aliphatic heterocycles. The van der Waals surface area contributed by atoms with Crippen molar-refractivity contribution >= 4 is 25.8 Å². The van der Waals surface area contributed by atoms with Gasteiger partial charge in [0.25, 0.3) is 0 Å². The molecular weight excluding hydrogens is 306 g/mol. The van der Waals surface area contributed by atoms with Crippen molar-refractivity contribution in [3.05, 3.63) is 36.3 Å². The number of pyridine rings is 1. The molecule has 0 atom stereocenters. The smallest absolute Gasteiger partial charge is 0.178 e. The predicted molar refractivity (Wildman–Crippen MR) is 67.1 cm³/mol. The third kappa shape index (κ3) is 2.73. The number of hydrogen-bond acceptors (Lipinski definition) is 4. The van der Waals surface area contributed by atoms with E-state index in [2.05, 4.69) is 26.0 Å². The van der Waals surface area contributed by atoms with Crippen LogP contribution in [0.25, 0.3) is 5.82 Å². The minimum atomic E-state index is -3.22. The van der Waals surface area contributed by atoms with Crippen molar-refractivity contribution < 1.29 is 8.42 Å². The summed E-state index contributed by atoms with van der Waals surface area (Å²) in [5.74, 6) is 0.588. The summed E-state index contributed by atoms with van der Waals surface area (Å²) < 4.78 is 24.0. The van der Waals surface area contributed by atoms with Gasteiger partial charge in [0.05, 0.1) is 12.4 Å². The topological polar surface area (TPSA) is 64.8 Å². The van der Waals surface area contributed by atoms with Crippen LogP contribution in [0.4, 0.5) is 0 Å². The summed E-state index contributed by atoms with van der Waals surface area (Å²) >= 11 is 3.33. The number of alkyl halides is 1. The quantitative estimate of drug-likeness (QED) is 0.806. The Morgan fingerprint density at radius 2 is 2.12 bits per heavy atom. The van der Waals surface area contributed by atoms with Crippen LogP contribution >= 0.6 is 15.9 Å². The third-order valence-electron chi connectivity index (χ3n) is 2.19. The molecule has 2 aromatic rings. The lowest BCUT2D eigenvalue weighted by molar-refractivity contribution is 0.602. The van der Waals surface area contributed by atoms with Gasteiger partial charge >= 0.3 is 0 Å². The van der Waals surface area contributed by atoms with E-state index in [-0.39, 0.29) is 4.90 Å². The predicted octanol–water partition coefficient (Wildman–Crippen LogP) is 1.57. The summed E-state index contributed by atoms with van der Waals surface area (Å²) in [6, 6.07) is 3.69. The summed E-state index contributed by atoms with van der Waals surface area (Å²) in [6.45, 7) is 0. The molecule has 2 rings (SSSR count). The maximum absolute atomic E-state index is 11.3. The van der Waals surface area contributed by atoms with Crippen LogP contribution in [0.2, 0.25) is 0 Å². The van der Waals surface area contributed by atoms with E-state index in [1.807, 2.05) is 6.07 Å². The Morgan fingerprint density at radius 1 is 1.35 bits per heavy atom. The molecule has 90 valence electrons. The van der Waals surface area contributed by atoms with Crippen molar-refractivity contribution in [2.45, 2.75) is 10.2 Å². The van der Waals surface area contributed by atoms with Crippen molar-refractivity contribution in [1.29, 1.82) is 0 Å². The molecule has 0 spiro atoms. The highest BCUT2D eigenvalue weighted by molar-refractivity contribution is 9.08. The van der Waals surface area contributed by atoms with E-state index in [0.717, 1.165) is 17.1 Å². The van der Waals surface area contributed by atoms with Gasteiger partial charge in [-0.25, -0.2) is 18.1 Å². The van der Waals surface area contributed by atoms with Gasteiger partial charge in [-0.05, 0) is 11.6 Å². The van der Waals surface area contributed by atoms with Crippen molar-refractivity contribution in [2.75, 3.05) is 6.26 Å². The molecule has 0 saturated carbocycles. The van der Waals surface area contributed by atoms with Crippen LogP contribution in [0.15, 0.2) is 35.6 Å². The molecule has 2 aromatic heterocycles. The highest BCUT2D eigenvalue weighted by Crippen LogP contribution is 2.11.